The van der Waals surface area contributed by atoms with Crippen LogP contribution in [0.3, 0.4) is 0 Å². The van der Waals surface area contributed by atoms with Gasteiger partial charge in [0.1, 0.15) is 5.75 Å². The number of nitrogens with one attached hydrogen (secondary N) is 1. The smallest absolute Gasteiger partial charge is 0.215 e. The number of benzene rings is 2. The molecule has 2 aromatic rings. The Hall–Kier alpha value is -1.85. The van der Waals surface area contributed by atoms with Crippen LogP contribution in [0.15, 0.2) is 48.5 Å². The van der Waals surface area contributed by atoms with Crippen molar-refractivity contribution in [2.75, 3.05) is 13.2 Å². The van der Waals surface area contributed by atoms with Crippen molar-refractivity contribution in [2.45, 2.75) is 32.4 Å². The van der Waals surface area contributed by atoms with Crippen LogP contribution >= 0.6 is 0 Å². The molecule has 2 aromatic carbocycles. The van der Waals surface area contributed by atoms with Crippen LogP contribution in [-0.4, -0.2) is 21.6 Å². The fourth-order valence-electron chi connectivity index (χ4n) is 2.59. The van der Waals surface area contributed by atoms with E-state index in [1.165, 1.54) is 0 Å². The normalized spacial score (nSPS) is 11.4. The zero-order chi connectivity index (χ0) is 17.4. The highest BCUT2D eigenvalue weighted by Gasteiger charge is 2.11. The number of para-hydroxylation sites is 1. The molecule has 0 aliphatic heterocycles. The SMILES string of the molecule is CCOc1ccccc1CCCNS(=O)(=O)Cc1cccc(C)c1. The largest absolute Gasteiger partial charge is 0.494 e. The van der Waals surface area contributed by atoms with E-state index in [0.717, 1.165) is 35.3 Å². The molecular formula is C19H25NO3S. The summed E-state index contributed by atoms with van der Waals surface area (Å²) in [6.45, 7) is 4.96. The number of ether oxygens (including phenoxy) is 1. The fourth-order valence-corrected chi connectivity index (χ4v) is 3.76. The molecule has 0 aliphatic rings. The average molecular weight is 347 g/mol. The molecule has 4 nitrogen and oxygen atoms in total. The van der Waals surface area contributed by atoms with Crippen LogP contribution in [0, 0.1) is 6.92 Å². The molecule has 0 amide bonds. The van der Waals surface area contributed by atoms with Gasteiger partial charge in [0.15, 0.2) is 0 Å². The highest BCUT2D eigenvalue weighted by Crippen LogP contribution is 2.19. The van der Waals surface area contributed by atoms with Gasteiger partial charge < -0.3 is 4.74 Å². The van der Waals surface area contributed by atoms with Crippen molar-refractivity contribution in [3.63, 3.8) is 0 Å². The van der Waals surface area contributed by atoms with Gasteiger partial charge in [-0.2, -0.15) is 0 Å². The third kappa shape index (κ3) is 5.98. The molecule has 5 heteroatoms. The maximum atomic E-state index is 12.2. The van der Waals surface area contributed by atoms with Gasteiger partial charge in [-0.15, -0.1) is 0 Å². The highest BCUT2D eigenvalue weighted by molar-refractivity contribution is 7.88. The van der Waals surface area contributed by atoms with Crippen LogP contribution in [0.1, 0.15) is 30.0 Å². The van der Waals surface area contributed by atoms with E-state index in [2.05, 4.69) is 4.72 Å². The van der Waals surface area contributed by atoms with E-state index in [1.54, 1.807) is 0 Å². The van der Waals surface area contributed by atoms with Gasteiger partial charge >= 0.3 is 0 Å². The first-order chi connectivity index (χ1) is 11.5. The first-order valence-electron chi connectivity index (χ1n) is 8.24. The van der Waals surface area contributed by atoms with Gasteiger partial charge in [0.25, 0.3) is 0 Å². The second-order valence-corrected chi connectivity index (χ2v) is 7.59. The van der Waals surface area contributed by atoms with Crippen molar-refractivity contribution < 1.29 is 13.2 Å². The van der Waals surface area contributed by atoms with E-state index in [0.29, 0.717) is 13.2 Å². The monoisotopic (exact) mass is 347 g/mol. The van der Waals surface area contributed by atoms with Gasteiger partial charge in [0.05, 0.1) is 12.4 Å². The van der Waals surface area contributed by atoms with Crippen molar-refractivity contribution in [2.24, 2.45) is 0 Å². The molecule has 0 radical (unpaired) electrons. The molecule has 0 fully saturated rings. The lowest BCUT2D eigenvalue weighted by Gasteiger charge is -2.10. The van der Waals surface area contributed by atoms with Gasteiger partial charge in [0, 0.05) is 6.54 Å². The van der Waals surface area contributed by atoms with Gasteiger partial charge in [-0.25, -0.2) is 13.1 Å². The minimum Gasteiger partial charge on any atom is -0.494 e. The number of hydrogen-bond acceptors (Lipinski definition) is 3. The zero-order valence-corrected chi connectivity index (χ0v) is 15.1. The van der Waals surface area contributed by atoms with Gasteiger partial charge in [0.2, 0.25) is 10.0 Å². The van der Waals surface area contributed by atoms with E-state index in [-0.39, 0.29) is 5.75 Å². The Morgan fingerprint density at radius 1 is 1.08 bits per heavy atom. The van der Waals surface area contributed by atoms with Crippen LogP contribution in [0.5, 0.6) is 5.75 Å². The molecular weight excluding hydrogens is 322 g/mol. The zero-order valence-electron chi connectivity index (χ0n) is 14.3. The van der Waals surface area contributed by atoms with Gasteiger partial charge in [-0.05, 0) is 43.9 Å². The third-order valence-corrected chi connectivity index (χ3v) is 5.01. The molecule has 0 saturated heterocycles. The molecule has 0 unspecified atom stereocenters. The fraction of sp³-hybridized carbons (Fsp3) is 0.368. The minimum atomic E-state index is -3.31. The molecule has 0 saturated carbocycles. The summed E-state index contributed by atoms with van der Waals surface area (Å²) in [4.78, 5) is 0. The number of aryl methyl sites for hydroxylation is 2. The van der Waals surface area contributed by atoms with Crippen molar-refractivity contribution in [1.29, 1.82) is 0 Å². The summed E-state index contributed by atoms with van der Waals surface area (Å²) in [6.07, 6.45) is 1.51. The van der Waals surface area contributed by atoms with Crippen LogP contribution < -0.4 is 9.46 Å². The molecule has 0 aliphatic carbocycles. The Labute approximate surface area is 144 Å². The van der Waals surface area contributed by atoms with Crippen molar-refractivity contribution in [1.82, 2.24) is 4.72 Å². The second-order valence-electron chi connectivity index (χ2n) is 5.79. The number of hydrogen-bond donors (Lipinski definition) is 1. The van der Waals surface area contributed by atoms with Gasteiger partial charge in [-0.3, -0.25) is 0 Å². The highest BCUT2D eigenvalue weighted by atomic mass is 32.2. The van der Waals surface area contributed by atoms with E-state index >= 15 is 0 Å². The summed E-state index contributed by atoms with van der Waals surface area (Å²) in [5.41, 5.74) is 2.98. The Bertz CT molecular complexity index is 757. The summed E-state index contributed by atoms with van der Waals surface area (Å²) >= 11 is 0. The number of sulfonamides is 1. The van der Waals surface area contributed by atoms with Gasteiger partial charge in [-0.1, -0.05) is 48.0 Å². The van der Waals surface area contributed by atoms with E-state index in [1.807, 2.05) is 62.4 Å². The van der Waals surface area contributed by atoms with E-state index in [4.69, 9.17) is 4.74 Å². The average Bonchev–Trinajstić information content (AvgIpc) is 2.53. The van der Waals surface area contributed by atoms with Crippen LogP contribution in [0.25, 0.3) is 0 Å². The lowest BCUT2D eigenvalue weighted by Crippen LogP contribution is -2.26. The predicted molar refractivity (Wildman–Crippen MR) is 97.7 cm³/mol. The molecule has 130 valence electrons. The van der Waals surface area contributed by atoms with Crippen LogP contribution in [0.4, 0.5) is 0 Å². The lowest BCUT2D eigenvalue weighted by molar-refractivity contribution is 0.336. The van der Waals surface area contributed by atoms with Crippen LogP contribution in [-0.2, 0) is 22.2 Å². The Balaban J connectivity index is 1.83. The predicted octanol–water partition coefficient (Wildman–Crippen LogP) is 3.45. The summed E-state index contributed by atoms with van der Waals surface area (Å²) in [5, 5.41) is 0. The molecule has 1 N–H and O–H groups in total. The van der Waals surface area contributed by atoms with E-state index in [9.17, 15) is 8.42 Å². The molecule has 0 aromatic heterocycles. The quantitative estimate of drug-likeness (QED) is 0.707. The van der Waals surface area contributed by atoms with Crippen molar-refractivity contribution in [3.05, 3.63) is 65.2 Å². The minimum absolute atomic E-state index is 0.0181. The summed E-state index contributed by atoms with van der Waals surface area (Å²) in [6, 6.07) is 15.5. The standard InChI is InChI=1S/C19H25NO3S/c1-3-23-19-12-5-4-10-18(19)11-7-13-20-24(21,22)15-17-9-6-8-16(2)14-17/h4-6,8-10,12,14,20H,3,7,11,13,15H2,1-2H3. The molecule has 2 rings (SSSR count). The maximum absolute atomic E-state index is 12.2. The summed E-state index contributed by atoms with van der Waals surface area (Å²) < 4.78 is 32.6. The number of rotatable bonds is 9. The van der Waals surface area contributed by atoms with E-state index < -0.39 is 10.0 Å². The molecule has 24 heavy (non-hydrogen) atoms. The van der Waals surface area contributed by atoms with Crippen LogP contribution in [0.2, 0.25) is 0 Å². The maximum Gasteiger partial charge on any atom is 0.215 e. The third-order valence-electron chi connectivity index (χ3n) is 3.66. The Kier molecular flexibility index (Phi) is 6.82. The molecule has 0 heterocycles. The lowest BCUT2D eigenvalue weighted by atomic mass is 10.1. The van der Waals surface area contributed by atoms with Crippen molar-refractivity contribution in [3.8, 4) is 5.75 Å². The molecule has 0 atom stereocenters. The second kappa shape index (κ2) is 8.85. The summed E-state index contributed by atoms with van der Waals surface area (Å²) in [7, 11) is -3.31. The molecule has 0 spiro atoms. The van der Waals surface area contributed by atoms with Crippen molar-refractivity contribution >= 4 is 10.0 Å². The summed E-state index contributed by atoms with van der Waals surface area (Å²) in [5.74, 6) is 0.895. The first-order valence-corrected chi connectivity index (χ1v) is 9.89. The Morgan fingerprint density at radius 3 is 2.62 bits per heavy atom. The Morgan fingerprint density at radius 2 is 1.88 bits per heavy atom. The topological polar surface area (TPSA) is 55.4 Å². The molecule has 0 bridgehead atoms. The first kappa shape index (κ1) is 18.5.